The smallest absolute Gasteiger partial charge is 0.253 e. The second-order valence-corrected chi connectivity index (χ2v) is 17.7. The van der Waals surface area contributed by atoms with Crippen LogP contribution in [0.25, 0.3) is 33.8 Å². The van der Waals surface area contributed by atoms with E-state index >= 15 is 0 Å². The van der Waals surface area contributed by atoms with E-state index in [-0.39, 0.29) is 23.1 Å². The first kappa shape index (κ1) is 43.4. The van der Waals surface area contributed by atoms with Gasteiger partial charge in [-0.25, -0.2) is 19.0 Å². The average molecular weight is 857 g/mol. The quantitative estimate of drug-likeness (QED) is 0.148. The molecule has 1 aliphatic heterocycles. The summed E-state index contributed by atoms with van der Waals surface area (Å²) in [4.78, 5) is 50.1. The lowest BCUT2D eigenvalue weighted by atomic mass is 9.84. The van der Waals surface area contributed by atoms with E-state index in [0.29, 0.717) is 41.2 Å². The van der Waals surface area contributed by atoms with Gasteiger partial charge in [-0.15, -0.1) is 5.10 Å². The highest BCUT2D eigenvalue weighted by atomic mass is 16.5. The van der Waals surface area contributed by atoms with Crippen molar-refractivity contribution in [1.29, 1.82) is 5.26 Å². The molecule has 14 nitrogen and oxygen atoms in total. The summed E-state index contributed by atoms with van der Waals surface area (Å²) in [6.45, 7) is 12.1. The van der Waals surface area contributed by atoms with Crippen LogP contribution >= 0.6 is 0 Å². The number of nitrogens with zero attached hydrogens (tertiary/aromatic N) is 9. The fraction of sp³-hybridized carbons (Fsp3) is 0.340. The SMILES string of the molecule is CC(=O)C1CC1.CC1(C)CCCN(C(=O)c2ccc(-c3cccc4nc(NC(=O)C5CC5)nn34)cc2)C1.Cc1cc(-c2ccc(OCc3ccc(C#N)nc3)cc2)n2nc(C)nc2c1. The number of nitrogens with one attached hydrogen (secondary N) is 1. The molecule has 5 aromatic heterocycles. The zero-order valence-corrected chi connectivity index (χ0v) is 36.9. The van der Waals surface area contributed by atoms with Crippen molar-refractivity contribution < 1.29 is 19.1 Å². The zero-order valence-electron chi connectivity index (χ0n) is 36.9. The Balaban J connectivity index is 0.000000156. The van der Waals surface area contributed by atoms with E-state index in [4.69, 9.17) is 10.00 Å². The number of hydrogen-bond donors (Lipinski definition) is 1. The molecule has 14 heteroatoms. The second kappa shape index (κ2) is 18.6. The molecule has 1 N–H and O–H groups in total. The van der Waals surface area contributed by atoms with E-state index < -0.39 is 0 Å². The highest BCUT2D eigenvalue weighted by molar-refractivity contribution is 5.95. The van der Waals surface area contributed by atoms with Gasteiger partial charge in [-0.05, 0) is 137 Å². The number of carbonyl (C=O) groups excluding carboxylic acids is 3. The lowest BCUT2D eigenvalue weighted by Gasteiger charge is -2.38. The largest absolute Gasteiger partial charge is 0.489 e. The monoisotopic (exact) mass is 856 g/mol. The van der Waals surface area contributed by atoms with Crippen molar-refractivity contribution in [3.8, 4) is 34.3 Å². The summed E-state index contributed by atoms with van der Waals surface area (Å²) in [5, 5.41) is 20.6. The topological polar surface area (TPSA) is 173 Å². The number of amides is 2. The number of pyridine rings is 3. The fourth-order valence-electron chi connectivity index (χ4n) is 7.68. The van der Waals surface area contributed by atoms with Crippen molar-refractivity contribution in [3.63, 3.8) is 0 Å². The van der Waals surface area contributed by atoms with Crippen molar-refractivity contribution in [3.05, 3.63) is 125 Å². The van der Waals surface area contributed by atoms with Crippen LogP contribution in [-0.4, -0.2) is 69.8 Å². The Morgan fingerprint density at radius 3 is 2.17 bits per heavy atom. The van der Waals surface area contributed by atoms with Gasteiger partial charge in [-0.3, -0.25) is 19.7 Å². The third-order valence-corrected chi connectivity index (χ3v) is 11.5. The Bertz CT molecular complexity index is 2850. The number of rotatable bonds is 9. The number of benzene rings is 2. The molecule has 2 aromatic carbocycles. The maximum Gasteiger partial charge on any atom is 0.253 e. The van der Waals surface area contributed by atoms with Crippen LogP contribution in [0.15, 0.2) is 97.2 Å². The van der Waals surface area contributed by atoms with Crippen molar-refractivity contribution in [2.75, 3.05) is 18.4 Å². The van der Waals surface area contributed by atoms with Crippen LogP contribution < -0.4 is 10.1 Å². The molecule has 2 saturated carbocycles. The predicted molar refractivity (Wildman–Crippen MR) is 243 cm³/mol. The summed E-state index contributed by atoms with van der Waals surface area (Å²) in [5.41, 5.74) is 8.66. The van der Waals surface area contributed by atoms with Crippen molar-refractivity contribution >= 4 is 34.8 Å². The fourth-order valence-corrected chi connectivity index (χ4v) is 7.68. The Kier molecular flexibility index (Phi) is 12.6. The van der Waals surface area contributed by atoms with Crippen molar-refractivity contribution in [2.45, 2.75) is 79.8 Å². The number of nitriles is 1. The summed E-state index contributed by atoms with van der Waals surface area (Å²) >= 11 is 0. The number of ether oxygens (including phenoxy) is 1. The number of hydrogen-bond acceptors (Lipinski definition) is 10. The van der Waals surface area contributed by atoms with E-state index in [1.807, 2.05) is 101 Å². The van der Waals surface area contributed by atoms with E-state index in [0.717, 1.165) is 102 Å². The molecule has 0 radical (unpaired) electrons. The standard InChI is InChI=1S/C24H27N5O2.C21H17N5O.C5H8O/c1-24(2)13-4-14-28(15-24)22(31)18-11-7-16(8-12-18)19-5-3-6-20-25-23(27-29(19)20)26-21(30)17-9-10-17;1-14-9-20(26-21(10-14)24-15(2)25-26)17-4-7-19(8-5-17)27-13-16-3-6-18(11-22)23-12-16;1-4(6)5-2-3-5/h3,5-8,11-12,17H,4,9-10,13-15H2,1-2H3,(H,26,27,30);3-10,12H,13H2,1-2H3;5H,2-3H2,1H3. The lowest BCUT2D eigenvalue weighted by Crippen LogP contribution is -2.43. The number of fused-ring (bicyclic) bond motifs is 2. The molecule has 7 aromatic rings. The average Bonchev–Trinajstić information content (AvgIpc) is 4.24. The molecule has 3 fully saturated rings. The number of piperidine rings is 1. The first-order valence-electron chi connectivity index (χ1n) is 21.8. The van der Waals surface area contributed by atoms with Crippen LogP contribution in [0.4, 0.5) is 5.95 Å². The summed E-state index contributed by atoms with van der Waals surface area (Å²) in [6.07, 6.45) is 8.02. The molecule has 2 amide bonds. The number of likely N-dealkylation sites (tertiary alicyclic amines) is 1. The predicted octanol–water partition coefficient (Wildman–Crippen LogP) is 8.85. The third-order valence-electron chi connectivity index (χ3n) is 11.5. The van der Waals surface area contributed by atoms with Crippen LogP contribution in [0.5, 0.6) is 5.75 Å². The van der Waals surface area contributed by atoms with Crippen LogP contribution in [0.3, 0.4) is 0 Å². The van der Waals surface area contributed by atoms with Crippen LogP contribution in [0.1, 0.15) is 92.3 Å². The molecule has 10 rings (SSSR count). The molecule has 0 atom stereocenters. The molecule has 2 aliphatic carbocycles. The van der Waals surface area contributed by atoms with E-state index in [1.165, 1.54) is 0 Å². The first-order chi connectivity index (χ1) is 30.8. The molecule has 0 unspecified atom stereocenters. The molecule has 6 heterocycles. The highest BCUT2D eigenvalue weighted by Gasteiger charge is 2.31. The molecule has 64 heavy (non-hydrogen) atoms. The van der Waals surface area contributed by atoms with Crippen molar-refractivity contribution in [2.24, 2.45) is 17.3 Å². The highest BCUT2D eigenvalue weighted by Crippen LogP contribution is 2.32. The Morgan fingerprint density at radius 2 is 1.53 bits per heavy atom. The van der Waals surface area contributed by atoms with Crippen LogP contribution in [0, 0.1) is 42.4 Å². The van der Waals surface area contributed by atoms with Gasteiger partial charge >= 0.3 is 0 Å². The minimum Gasteiger partial charge on any atom is -0.489 e. The number of aromatic nitrogens is 7. The zero-order chi connectivity index (χ0) is 45.0. The van der Waals surface area contributed by atoms with Gasteiger partial charge < -0.3 is 9.64 Å². The molecule has 0 bridgehead atoms. The van der Waals surface area contributed by atoms with Gasteiger partial charge in [-0.1, -0.05) is 38.1 Å². The number of anilines is 1. The number of Topliss-reactive ketones (excluding diaryl/α,β-unsaturated/α-hetero) is 1. The van der Waals surface area contributed by atoms with Gasteiger partial charge in [-0.2, -0.15) is 15.3 Å². The number of ketones is 1. The summed E-state index contributed by atoms with van der Waals surface area (Å²) in [6, 6.07) is 30.9. The van der Waals surface area contributed by atoms with Gasteiger partial charge in [0.25, 0.3) is 5.91 Å². The second-order valence-electron chi connectivity index (χ2n) is 17.7. The Hall–Kier alpha value is -7.27. The van der Waals surface area contributed by atoms with Gasteiger partial charge in [0, 0.05) is 53.4 Å². The molecule has 3 aliphatic rings. The minimum absolute atomic E-state index is 0.0128. The van der Waals surface area contributed by atoms with E-state index in [2.05, 4.69) is 57.3 Å². The Labute approximate surface area is 372 Å². The van der Waals surface area contributed by atoms with Gasteiger partial charge in [0.15, 0.2) is 11.3 Å². The van der Waals surface area contributed by atoms with Crippen LogP contribution in [0.2, 0.25) is 0 Å². The van der Waals surface area contributed by atoms with Gasteiger partial charge in [0.05, 0.1) is 11.4 Å². The van der Waals surface area contributed by atoms with E-state index in [1.54, 1.807) is 23.7 Å². The molecule has 1 saturated heterocycles. The molecular weight excluding hydrogens is 805 g/mol. The lowest BCUT2D eigenvalue weighted by molar-refractivity contribution is -0.118. The minimum atomic E-state index is -0.0128. The van der Waals surface area contributed by atoms with E-state index in [9.17, 15) is 14.4 Å². The molecular formula is C50H52N10O4. The van der Waals surface area contributed by atoms with Crippen LogP contribution in [-0.2, 0) is 16.2 Å². The number of carbonyl (C=O) groups is 3. The van der Waals surface area contributed by atoms with Gasteiger partial charge in [0.2, 0.25) is 11.9 Å². The molecule has 0 spiro atoms. The maximum atomic E-state index is 13.0. The normalized spacial score (nSPS) is 15.3. The third kappa shape index (κ3) is 10.7. The number of aryl methyl sites for hydroxylation is 2. The summed E-state index contributed by atoms with van der Waals surface area (Å²) < 4.78 is 9.40. The van der Waals surface area contributed by atoms with Crippen molar-refractivity contribution in [1.82, 2.24) is 39.1 Å². The Morgan fingerprint density at radius 1 is 0.828 bits per heavy atom. The van der Waals surface area contributed by atoms with Gasteiger partial charge in [0.1, 0.15) is 35.7 Å². The molecule has 326 valence electrons. The first-order valence-corrected chi connectivity index (χ1v) is 21.8. The summed E-state index contributed by atoms with van der Waals surface area (Å²) in [5.74, 6) is 2.84. The summed E-state index contributed by atoms with van der Waals surface area (Å²) in [7, 11) is 0. The maximum absolute atomic E-state index is 13.0.